The summed E-state index contributed by atoms with van der Waals surface area (Å²) in [7, 11) is -2.03. The molecule has 1 unspecified atom stereocenters. The highest BCUT2D eigenvalue weighted by molar-refractivity contribution is 7.96. The molecule has 0 aromatic carbocycles. The molecule has 0 aromatic heterocycles. The molecule has 0 aromatic rings. The average molecular weight is 293 g/mol. The maximum absolute atomic E-state index is 11.1. The van der Waals surface area contributed by atoms with Crippen LogP contribution in [0.1, 0.15) is 46.5 Å². The molecule has 3 nitrogen and oxygen atoms in total. The van der Waals surface area contributed by atoms with Crippen molar-refractivity contribution in [3.05, 3.63) is 0 Å². The van der Waals surface area contributed by atoms with Crippen LogP contribution in [0, 0.1) is 5.92 Å². The third-order valence-electron chi connectivity index (χ3n) is 2.91. The molecular formula is C13H28O3SSi. The fraction of sp³-hybridized carbons (Fsp3) is 0.923. The molecule has 0 amide bonds. The Labute approximate surface area is 118 Å². The van der Waals surface area contributed by atoms with Crippen molar-refractivity contribution in [2.45, 2.75) is 59.0 Å². The van der Waals surface area contributed by atoms with E-state index in [2.05, 4.69) is 33.0 Å². The van der Waals surface area contributed by atoms with Gasteiger partial charge in [0.2, 0.25) is 0 Å². The quantitative estimate of drug-likeness (QED) is 0.465. The number of hydrogen-bond donors (Lipinski definition) is 1. The Morgan fingerprint density at radius 1 is 1.22 bits per heavy atom. The smallest absolute Gasteiger partial charge is 0.334 e. The van der Waals surface area contributed by atoms with E-state index in [-0.39, 0.29) is 11.0 Å². The molecule has 0 aliphatic rings. The Hall–Kier alpha value is 0.157. The summed E-state index contributed by atoms with van der Waals surface area (Å²) < 4.78 is 11.9. The van der Waals surface area contributed by atoms with Crippen molar-refractivity contribution in [2.24, 2.45) is 5.92 Å². The molecule has 0 fully saturated rings. The number of hydrogen-bond acceptors (Lipinski definition) is 3. The zero-order valence-electron chi connectivity index (χ0n) is 12.2. The van der Waals surface area contributed by atoms with Crippen LogP contribution in [0.2, 0.25) is 12.6 Å². The summed E-state index contributed by atoms with van der Waals surface area (Å²) in [6.45, 7) is 9.81. The van der Waals surface area contributed by atoms with E-state index in [1.165, 1.54) is 0 Å². The van der Waals surface area contributed by atoms with Crippen molar-refractivity contribution in [1.82, 2.24) is 0 Å². The predicted molar refractivity (Wildman–Crippen MR) is 81.3 cm³/mol. The molecule has 0 saturated heterocycles. The minimum Gasteiger partial charge on any atom is -0.394 e. The molecule has 0 bridgehead atoms. The second-order valence-corrected chi connectivity index (χ2v) is 8.75. The summed E-state index contributed by atoms with van der Waals surface area (Å²) in [5.41, 5.74) is 0. The summed E-state index contributed by atoms with van der Waals surface area (Å²) in [5, 5.41) is -0.0256. The zero-order valence-corrected chi connectivity index (χ0v) is 14.1. The molecule has 0 heterocycles. The second-order valence-electron chi connectivity index (χ2n) is 4.96. The van der Waals surface area contributed by atoms with Crippen molar-refractivity contribution < 1.29 is 13.6 Å². The van der Waals surface area contributed by atoms with E-state index in [0.717, 1.165) is 44.9 Å². The molecule has 0 aliphatic heterocycles. The van der Waals surface area contributed by atoms with Gasteiger partial charge in [-0.05, 0) is 31.9 Å². The van der Waals surface area contributed by atoms with E-state index in [1.54, 1.807) is 0 Å². The minimum atomic E-state index is -2.03. The molecule has 1 atom stereocenters. The first-order valence-electron chi connectivity index (χ1n) is 6.96. The molecule has 5 heteroatoms. The van der Waals surface area contributed by atoms with Gasteiger partial charge in [-0.2, -0.15) is 0 Å². The van der Waals surface area contributed by atoms with Crippen LogP contribution in [0.5, 0.6) is 0 Å². The minimum absolute atomic E-state index is 0.0256. The lowest BCUT2D eigenvalue weighted by atomic mass is 10.1. The zero-order chi connectivity index (χ0) is 14.0. The van der Waals surface area contributed by atoms with Gasteiger partial charge >= 0.3 is 8.56 Å². The number of rotatable bonds is 11. The third kappa shape index (κ3) is 8.29. The summed E-state index contributed by atoms with van der Waals surface area (Å²) in [5.74, 6) is 0.0314. The Bertz CT molecular complexity index is 228. The summed E-state index contributed by atoms with van der Waals surface area (Å²) in [4.78, 5) is 11.1. The van der Waals surface area contributed by atoms with E-state index in [0.29, 0.717) is 0 Å². The first-order chi connectivity index (χ1) is 8.45. The molecule has 18 heavy (non-hydrogen) atoms. The standard InChI is InChI=1S/C13H28O3SSi/c1-5-9-15-18(4,16-10-6-2)11-7-8-12(3)13(14)17/h12H,5-11H2,1-4H3,(H,14,17). The van der Waals surface area contributed by atoms with Gasteiger partial charge < -0.3 is 8.85 Å². The maximum Gasteiger partial charge on any atom is 0.334 e. The summed E-state index contributed by atoms with van der Waals surface area (Å²) >= 11 is 3.86. The Morgan fingerprint density at radius 3 is 2.11 bits per heavy atom. The monoisotopic (exact) mass is 292 g/mol. The second kappa shape index (κ2) is 10.0. The van der Waals surface area contributed by atoms with Crippen LogP contribution in [-0.2, 0) is 13.6 Å². The van der Waals surface area contributed by atoms with Crippen LogP contribution in [0.4, 0.5) is 0 Å². The molecule has 0 spiro atoms. The van der Waals surface area contributed by atoms with Crippen LogP contribution in [0.25, 0.3) is 0 Å². The van der Waals surface area contributed by atoms with Crippen molar-refractivity contribution >= 4 is 26.3 Å². The topological polar surface area (TPSA) is 35.5 Å². The van der Waals surface area contributed by atoms with Crippen LogP contribution in [-0.4, -0.2) is 26.9 Å². The van der Waals surface area contributed by atoms with Gasteiger partial charge in [-0.15, -0.1) is 12.6 Å². The van der Waals surface area contributed by atoms with Crippen LogP contribution < -0.4 is 0 Å². The van der Waals surface area contributed by atoms with Crippen molar-refractivity contribution in [3.63, 3.8) is 0 Å². The molecule has 0 saturated carbocycles. The highest BCUT2D eigenvalue weighted by Gasteiger charge is 2.30. The van der Waals surface area contributed by atoms with Gasteiger partial charge in [-0.1, -0.05) is 27.2 Å². The molecular weight excluding hydrogens is 264 g/mol. The van der Waals surface area contributed by atoms with Gasteiger partial charge in [0, 0.05) is 19.1 Å². The van der Waals surface area contributed by atoms with E-state index in [9.17, 15) is 4.79 Å². The highest BCUT2D eigenvalue weighted by atomic mass is 32.1. The molecule has 0 rings (SSSR count). The number of carbonyl (C=O) groups is 1. The SMILES string of the molecule is CCCO[Si](C)(CCCC(C)C(=O)S)OCCC. The fourth-order valence-corrected chi connectivity index (χ4v) is 4.29. The first-order valence-corrected chi connectivity index (χ1v) is 9.93. The lowest BCUT2D eigenvalue weighted by molar-refractivity contribution is -0.113. The molecule has 0 aliphatic carbocycles. The lowest BCUT2D eigenvalue weighted by Gasteiger charge is -2.27. The highest BCUT2D eigenvalue weighted by Crippen LogP contribution is 2.20. The lowest BCUT2D eigenvalue weighted by Crippen LogP contribution is -2.39. The van der Waals surface area contributed by atoms with Gasteiger partial charge in [0.25, 0.3) is 0 Å². The van der Waals surface area contributed by atoms with E-state index in [1.807, 2.05) is 6.92 Å². The molecule has 108 valence electrons. The van der Waals surface area contributed by atoms with Gasteiger partial charge in [-0.3, -0.25) is 4.79 Å². The molecule has 0 N–H and O–H groups in total. The predicted octanol–water partition coefficient (Wildman–Crippen LogP) is 3.78. The third-order valence-corrected chi connectivity index (χ3v) is 6.24. The van der Waals surface area contributed by atoms with Gasteiger partial charge in [0.1, 0.15) is 0 Å². The largest absolute Gasteiger partial charge is 0.394 e. The normalized spacial score (nSPS) is 13.6. The first kappa shape index (κ1) is 18.2. The Balaban J connectivity index is 4.10. The Morgan fingerprint density at radius 2 is 1.72 bits per heavy atom. The van der Waals surface area contributed by atoms with E-state index < -0.39 is 8.56 Å². The van der Waals surface area contributed by atoms with Gasteiger partial charge in [0.05, 0.1) is 0 Å². The fourth-order valence-electron chi connectivity index (χ4n) is 1.67. The summed E-state index contributed by atoms with van der Waals surface area (Å²) in [6, 6.07) is 0.957. The molecule has 0 radical (unpaired) electrons. The number of thiol groups is 1. The van der Waals surface area contributed by atoms with Gasteiger partial charge in [0.15, 0.2) is 5.12 Å². The van der Waals surface area contributed by atoms with Crippen molar-refractivity contribution in [1.29, 1.82) is 0 Å². The van der Waals surface area contributed by atoms with E-state index in [4.69, 9.17) is 8.85 Å². The average Bonchev–Trinajstić information content (AvgIpc) is 2.34. The van der Waals surface area contributed by atoms with Crippen LogP contribution in [0.15, 0.2) is 0 Å². The van der Waals surface area contributed by atoms with Crippen LogP contribution in [0.3, 0.4) is 0 Å². The number of carbonyl (C=O) groups excluding carboxylic acids is 1. The van der Waals surface area contributed by atoms with Crippen molar-refractivity contribution in [3.8, 4) is 0 Å². The van der Waals surface area contributed by atoms with Crippen molar-refractivity contribution in [2.75, 3.05) is 13.2 Å². The Kier molecular flexibility index (Phi) is 10.1. The van der Waals surface area contributed by atoms with E-state index >= 15 is 0 Å². The van der Waals surface area contributed by atoms with Crippen LogP contribution >= 0.6 is 12.6 Å². The van der Waals surface area contributed by atoms with Gasteiger partial charge in [-0.25, -0.2) is 0 Å². The summed E-state index contributed by atoms with van der Waals surface area (Å²) in [6.07, 6.45) is 3.88. The maximum atomic E-state index is 11.1.